The Morgan fingerprint density at radius 3 is 2.52 bits per heavy atom. The van der Waals surface area contributed by atoms with Crippen LogP contribution in [0.25, 0.3) is 0 Å². The number of rotatable bonds is 8. The molecule has 2 aromatic heterocycles. The third-order valence-electron chi connectivity index (χ3n) is 4.03. The highest BCUT2D eigenvalue weighted by Gasteiger charge is 2.28. The summed E-state index contributed by atoms with van der Waals surface area (Å²) in [6.45, 7) is 1.70. The molecule has 0 bridgehead atoms. The van der Waals surface area contributed by atoms with Crippen molar-refractivity contribution < 1.29 is 32.6 Å². The number of carbonyl (C=O) groups excluding carboxylic acids is 2. The van der Waals surface area contributed by atoms with Crippen LogP contribution in [0.15, 0.2) is 33.9 Å². The zero-order valence-electron chi connectivity index (χ0n) is 16.7. The number of halogens is 1. The Morgan fingerprint density at radius 1 is 1.19 bits per heavy atom. The lowest BCUT2D eigenvalue weighted by Crippen LogP contribution is -2.08. The Bertz CT molecular complexity index is 1080. The molecule has 3 rings (SSSR count). The molecule has 0 amide bonds. The monoisotopic (exact) mass is 467 g/mol. The van der Waals surface area contributed by atoms with Crippen LogP contribution in [0.1, 0.15) is 44.5 Å². The molecule has 2 N–H and O–H groups in total. The number of ether oxygens (including phenoxy) is 3. The Kier molecular flexibility index (Phi) is 7.13. The first-order chi connectivity index (χ1) is 14.8. The first-order valence-electron chi connectivity index (χ1n) is 8.80. The topological polar surface area (TPSA) is 127 Å². The van der Waals surface area contributed by atoms with E-state index >= 15 is 0 Å². The molecular weight excluding hydrogens is 449 g/mol. The fourth-order valence-corrected chi connectivity index (χ4v) is 4.43. The van der Waals surface area contributed by atoms with Gasteiger partial charge in [0, 0.05) is 11.3 Å². The summed E-state index contributed by atoms with van der Waals surface area (Å²) in [6, 6.07) is 5.53. The van der Waals surface area contributed by atoms with E-state index in [1.54, 1.807) is 6.92 Å². The number of hydrogen-bond donors (Lipinski definition) is 1. The molecule has 1 aromatic carbocycles. The van der Waals surface area contributed by atoms with Gasteiger partial charge < -0.3 is 24.4 Å². The molecule has 0 unspecified atom stereocenters. The van der Waals surface area contributed by atoms with Crippen molar-refractivity contribution in [3.63, 3.8) is 0 Å². The van der Waals surface area contributed by atoms with Gasteiger partial charge in [-0.2, -0.15) is 0 Å². The van der Waals surface area contributed by atoms with Crippen molar-refractivity contribution >= 4 is 40.0 Å². The van der Waals surface area contributed by atoms with Gasteiger partial charge in [-0.05, 0) is 31.2 Å². The van der Waals surface area contributed by atoms with Crippen molar-refractivity contribution in [3.8, 4) is 5.75 Å². The van der Waals surface area contributed by atoms with Gasteiger partial charge in [0.15, 0.2) is 6.10 Å². The Morgan fingerprint density at radius 2 is 1.87 bits per heavy atom. The van der Waals surface area contributed by atoms with Crippen LogP contribution in [0.3, 0.4) is 0 Å². The molecule has 2 heterocycles. The predicted molar refractivity (Wildman–Crippen MR) is 111 cm³/mol. The van der Waals surface area contributed by atoms with Gasteiger partial charge in [-0.1, -0.05) is 11.8 Å². The summed E-state index contributed by atoms with van der Waals surface area (Å²) in [6.07, 6.45) is -0.583. The summed E-state index contributed by atoms with van der Waals surface area (Å²) in [7, 11) is 2.46. The molecule has 0 aliphatic heterocycles. The highest BCUT2D eigenvalue weighted by Crippen LogP contribution is 2.36. The number of nitrogen functional groups attached to an aromatic ring is 1. The lowest BCUT2D eigenvalue weighted by molar-refractivity contribution is 0.0601. The summed E-state index contributed by atoms with van der Waals surface area (Å²) in [5, 5.41) is 8.25. The minimum Gasteiger partial charge on any atom is -0.481 e. The number of esters is 2. The van der Waals surface area contributed by atoms with E-state index in [0.717, 1.165) is 23.1 Å². The average molecular weight is 468 g/mol. The number of anilines is 1. The lowest BCUT2D eigenvalue weighted by atomic mass is 10.1. The highest BCUT2D eigenvalue weighted by atomic mass is 32.2. The molecule has 0 radical (unpaired) electrons. The van der Waals surface area contributed by atoms with Crippen LogP contribution in [-0.2, 0) is 15.2 Å². The number of methoxy groups -OCH3 is 2. The van der Waals surface area contributed by atoms with Gasteiger partial charge in [0.1, 0.15) is 21.4 Å². The summed E-state index contributed by atoms with van der Waals surface area (Å²) in [5.74, 6) is -0.860. The molecule has 12 heteroatoms. The fourth-order valence-electron chi connectivity index (χ4n) is 2.55. The molecule has 0 aliphatic rings. The van der Waals surface area contributed by atoms with Crippen molar-refractivity contribution in [2.75, 3.05) is 20.0 Å². The summed E-state index contributed by atoms with van der Waals surface area (Å²) < 4.78 is 33.8. The molecule has 0 fully saturated rings. The van der Waals surface area contributed by atoms with E-state index in [1.165, 1.54) is 38.5 Å². The van der Waals surface area contributed by atoms with Gasteiger partial charge in [-0.25, -0.2) is 14.0 Å². The highest BCUT2D eigenvalue weighted by molar-refractivity contribution is 7.98. The third-order valence-corrected chi connectivity index (χ3v) is 5.92. The van der Waals surface area contributed by atoms with Crippen molar-refractivity contribution in [1.82, 2.24) is 10.2 Å². The maximum Gasteiger partial charge on any atom is 0.348 e. The van der Waals surface area contributed by atoms with Crippen LogP contribution in [-0.4, -0.2) is 36.4 Å². The standard InChI is InChI=1S/C19H18FN3O6S2/c1-9(28-11-6-4-10(20)5-7-11)16-22-23-19(29-16)30-8-12-13(17(24)26-2)15(21)31-14(12)18(25)27-3/h4-7,9H,8,21H2,1-3H3/t9-/m1/s1. The van der Waals surface area contributed by atoms with E-state index in [1.807, 2.05) is 0 Å². The van der Waals surface area contributed by atoms with Crippen molar-refractivity contribution in [3.05, 3.63) is 52.0 Å². The molecule has 9 nitrogen and oxygen atoms in total. The summed E-state index contributed by atoms with van der Waals surface area (Å²) >= 11 is 2.05. The van der Waals surface area contributed by atoms with Gasteiger partial charge in [0.05, 0.1) is 19.8 Å². The number of nitrogens with two attached hydrogens (primary N) is 1. The zero-order valence-corrected chi connectivity index (χ0v) is 18.3. The normalized spacial score (nSPS) is 11.7. The Balaban J connectivity index is 1.75. The molecular formula is C19H18FN3O6S2. The van der Waals surface area contributed by atoms with E-state index < -0.39 is 18.0 Å². The van der Waals surface area contributed by atoms with E-state index in [4.69, 9.17) is 24.4 Å². The average Bonchev–Trinajstić information content (AvgIpc) is 3.37. The van der Waals surface area contributed by atoms with Crippen LogP contribution in [0.4, 0.5) is 9.39 Å². The number of thiophene rings is 1. The van der Waals surface area contributed by atoms with Gasteiger partial charge in [-0.3, -0.25) is 0 Å². The summed E-state index contributed by atoms with van der Waals surface area (Å²) in [5.41, 5.74) is 6.38. The van der Waals surface area contributed by atoms with Crippen LogP contribution in [0.5, 0.6) is 5.75 Å². The van der Waals surface area contributed by atoms with Crippen molar-refractivity contribution in [2.24, 2.45) is 0 Å². The second-order valence-electron chi connectivity index (χ2n) is 6.04. The predicted octanol–water partition coefficient (Wildman–Crippen LogP) is 3.86. The van der Waals surface area contributed by atoms with Crippen LogP contribution in [0, 0.1) is 5.82 Å². The summed E-state index contributed by atoms with van der Waals surface area (Å²) in [4.78, 5) is 24.4. The zero-order chi connectivity index (χ0) is 22.5. The van der Waals surface area contributed by atoms with Crippen LogP contribution in [0.2, 0.25) is 0 Å². The minimum absolute atomic E-state index is 0.105. The smallest absolute Gasteiger partial charge is 0.348 e. The second kappa shape index (κ2) is 9.79. The molecule has 31 heavy (non-hydrogen) atoms. The van der Waals surface area contributed by atoms with Crippen molar-refractivity contribution in [2.45, 2.75) is 24.0 Å². The number of aromatic nitrogens is 2. The quantitative estimate of drug-likeness (QED) is 0.385. The largest absolute Gasteiger partial charge is 0.481 e. The van der Waals surface area contributed by atoms with Crippen LogP contribution >= 0.6 is 23.1 Å². The van der Waals surface area contributed by atoms with E-state index in [-0.39, 0.29) is 38.1 Å². The van der Waals surface area contributed by atoms with Crippen LogP contribution < -0.4 is 10.5 Å². The minimum atomic E-state index is -0.660. The van der Waals surface area contributed by atoms with E-state index in [0.29, 0.717) is 11.3 Å². The van der Waals surface area contributed by atoms with Gasteiger partial charge >= 0.3 is 11.9 Å². The maximum atomic E-state index is 13.0. The first-order valence-corrected chi connectivity index (χ1v) is 10.6. The molecule has 1 atom stereocenters. The molecule has 0 saturated heterocycles. The second-order valence-corrected chi connectivity index (χ2v) is 8.02. The molecule has 0 spiro atoms. The molecule has 0 aliphatic carbocycles. The first kappa shape index (κ1) is 22.6. The Labute approximate surface area is 184 Å². The maximum absolute atomic E-state index is 13.0. The van der Waals surface area contributed by atoms with Gasteiger partial charge in [0.2, 0.25) is 0 Å². The van der Waals surface area contributed by atoms with E-state index in [9.17, 15) is 14.0 Å². The number of hydrogen-bond acceptors (Lipinski definition) is 11. The SMILES string of the molecule is COC(=O)c1sc(N)c(C(=O)OC)c1CSc1nnc([C@@H](C)Oc2ccc(F)cc2)o1. The fraction of sp³-hybridized carbons (Fsp3) is 0.263. The van der Waals surface area contributed by atoms with Gasteiger partial charge in [-0.15, -0.1) is 21.5 Å². The number of carbonyl (C=O) groups is 2. The Hall–Kier alpha value is -3.12. The third kappa shape index (κ3) is 5.14. The number of nitrogens with zero attached hydrogens (tertiary/aromatic N) is 2. The lowest BCUT2D eigenvalue weighted by Gasteiger charge is -2.10. The molecule has 0 saturated carbocycles. The van der Waals surface area contributed by atoms with E-state index in [2.05, 4.69) is 10.2 Å². The van der Waals surface area contributed by atoms with Crippen molar-refractivity contribution in [1.29, 1.82) is 0 Å². The molecule has 164 valence electrons. The van der Waals surface area contributed by atoms with Gasteiger partial charge in [0.25, 0.3) is 11.1 Å². The molecule has 3 aromatic rings. The number of thioether (sulfide) groups is 1. The number of benzene rings is 1.